The van der Waals surface area contributed by atoms with Gasteiger partial charge in [-0.25, -0.2) is 14.4 Å². The first kappa shape index (κ1) is 19.6. The molecular formula is C27H21FN4O. The van der Waals surface area contributed by atoms with E-state index in [0.29, 0.717) is 12.5 Å². The molecule has 162 valence electrons. The SMILES string of the molecule is Fc1ccc(-c2nc3n(c2-c2ccncc2)[C@H](COc2ccc4ccccc4n2)CC3)cc1. The van der Waals surface area contributed by atoms with Crippen molar-refractivity contribution in [1.29, 1.82) is 0 Å². The van der Waals surface area contributed by atoms with Crippen LogP contribution in [-0.4, -0.2) is 26.1 Å². The largest absolute Gasteiger partial charge is 0.475 e. The number of fused-ring (bicyclic) bond motifs is 2. The molecule has 0 saturated carbocycles. The molecule has 5 aromatic rings. The maximum Gasteiger partial charge on any atom is 0.213 e. The summed E-state index contributed by atoms with van der Waals surface area (Å²) >= 11 is 0. The van der Waals surface area contributed by atoms with Crippen LogP contribution in [0.2, 0.25) is 0 Å². The smallest absolute Gasteiger partial charge is 0.213 e. The number of ether oxygens (including phenoxy) is 1. The molecule has 6 heteroatoms. The highest BCUT2D eigenvalue weighted by molar-refractivity contribution is 5.80. The minimum absolute atomic E-state index is 0.123. The van der Waals surface area contributed by atoms with E-state index in [2.05, 4.69) is 14.5 Å². The number of hydrogen-bond donors (Lipinski definition) is 0. The number of pyridine rings is 2. The maximum absolute atomic E-state index is 13.6. The second-order valence-corrected chi connectivity index (χ2v) is 8.18. The van der Waals surface area contributed by atoms with Crippen LogP contribution in [0.3, 0.4) is 0 Å². The molecule has 0 spiro atoms. The number of rotatable bonds is 5. The zero-order valence-corrected chi connectivity index (χ0v) is 17.9. The van der Waals surface area contributed by atoms with Gasteiger partial charge in [0.15, 0.2) is 0 Å². The normalized spacial score (nSPS) is 15.0. The van der Waals surface area contributed by atoms with Crippen LogP contribution in [0.1, 0.15) is 18.3 Å². The topological polar surface area (TPSA) is 52.8 Å². The van der Waals surface area contributed by atoms with Crippen LogP contribution in [0.4, 0.5) is 4.39 Å². The Balaban J connectivity index is 1.36. The van der Waals surface area contributed by atoms with Crippen LogP contribution in [0.15, 0.2) is 85.2 Å². The summed E-state index contributed by atoms with van der Waals surface area (Å²) in [5.74, 6) is 1.37. The second kappa shape index (κ2) is 8.13. The molecule has 0 saturated heterocycles. The zero-order valence-electron chi connectivity index (χ0n) is 17.9. The molecule has 2 aromatic carbocycles. The summed E-state index contributed by atoms with van der Waals surface area (Å²) in [7, 11) is 0. The van der Waals surface area contributed by atoms with E-state index in [4.69, 9.17) is 9.72 Å². The lowest BCUT2D eigenvalue weighted by molar-refractivity contribution is 0.248. The Morgan fingerprint density at radius 3 is 2.55 bits per heavy atom. The molecule has 0 bridgehead atoms. The van der Waals surface area contributed by atoms with Crippen LogP contribution in [0.25, 0.3) is 33.4 Å². The van der Waals surface area contributed by atoms with Gasteiger partial charge in [0.05, 0.1) is 22.9 Å². The van der Waals surface area contributed by atoms with Gasteiger partial charge in [-0.1, -0.05) is 18.2 Å². The minimum Gasteiger partial charge on any atom is -0.475 e. The highest BCUT2D eigenvalue weighted by Gasteiger charge is 2.30. The van der Waals surface area contributed by atoms with E-state index < -0.39 is 0 Å². The van der Waals surface area contributed by atoms with E-state index in [1.807, 2.05) is 48.5 Å². The van der Waals surface area contributed by atoms with E-state index in [9.17, 15) is 4.39 Å². The molecule has 0 aliphatic carbocycles. The third-order valence-electron chi connectivity index (χ3n) is 6.12. The lowest BCUT2D eigenvalue weighted by Crippen LogP contribution is -2.15. The summed E-state index contributed by atoms with van der Waals surface area (Å²) < 4.78 is 22.0. The van der Waals surface area contributed by atoms with Crippen LogP contribution < -0.4 is 4.74 Å². The first-order valence-corrected chi connectivity index (χ1v) is 11.0. The van der Waals surface area contributed by atoms with Crippen LogP contribution in [-0.2, 0) is 6.42 Å². The predicted octanol–water partition coefficient (Wildman–Crippen LogP) is 5.87. The average Bonchev–Trinajstić information content (AvgIpc) is 3.43. The molecule has 0 N–H and O–H groups in total. The molecule has 4 heterocycles. The fourth-order valence-corrected chi connectivity index (χ4v) is 4.54. The second-order valence-electron chi connectivity index (χ2n) is 8.18. The van der Waals surface area contributed by atoms with Crippen molar-refractivity contribution < 1.29 is 9.13 Å². The fourth-order valence-electron chi connectivity index (χ4n) is 4.54. The van der Waals surface area contributed by atoms with E-state index in [1.54, 1.807) is 24.5 Å². The molecule has 5 nitrogen and oxygen atoms in total. The molecule has 1 aliphatic rings. The molecule has 0 radical (unpaired) electrons. The Bertz CT molecular complexity index is 1430. The Hall–Kier alpha value is -4.06. The first-order valence-electron chi connectivity index (χ1n) is 11.0. The maximum atomic E-state index is 13.6. The molecule has 1 aliphatic heterocycles. The van der Waals surface area contributed by atoms with Crippen molar-refractivity contribution in [3.63, 3.8) is 0 Å². The number of nitrogens with zero attached hydrogens (tertiary/aromatic N) is 4. The van der Waals surface area contributed by atoms with Gasteiger partial charge >= 0.3 is 0 Å². The van der Waals surface area contributed by atoms with Crippen molar-refractivity contribution in [3.8, 4) is 28.4 Å². The van der Waals surface area contributed by atoms with Crippen molar-refractivity contribution in [3.05, 3.63) is 96.8 Å². The molecular weight excluding hydrogens is 415 g/mol. The first-order chi connectivity index (χ1) is 16.3. The van der Waals surface area contributed by atoms with Crippen molar-refractivity contribution in [1.82, 2.24) is 19.5 Å². The van der Waals surface area contributed by atoms with Gasteiger partial charge in [-0.15, -0.1) is 0 Å². The van der Waals surface area contributed by atoms with Crippen molar-refractivity contribution in [2.24, 2.45) is 0 Å². The zero-order chi connectivity index (χ0) is 22.2. The monoisotopic (exact) mass is 436 g/mol. The van der Waals surface area contributed by atoms with Gasteiger partial charge in [0, 0.05) is 41.4 Å². The summed E-state index contributed by atoms with van der Waals surface area (Å²) in [4.78, 5) is 13.8. The van der Waals surface area contributed by atoms with Gasteiger partial charge in [0.2, 0.25) is 5.88 Å². The number of aryl methyl sites for hydroxylation is 1. The highest BCUT2D eigenvalue weighted by atomic mass is 19.1. The quantitative estimate of drug-likeness (QED) is 0.346. The Morgan fingerprint density at radius 1 is 0.879 bits per heavy atom. The molecule has 6 rings (SSSR count). The summed E-state index contributed by atoms with van der Waals surface area (Å²) in [6.07, 6.45) is 5.36. The minimum atomic E-state index is -0.259. The van der Waals surface area contributed by atoms with E-state index in [1.165, 1.54) is 12.1 Å². The fraction of sp³-hybridized carbons (Fsp3) is 0.148. The third-order valence-corrected chi connectivity index (χ3v) is 6.12. The van der Waals surface area contributed by atoms with Gasteiger partial charge in [-0.2, -0.15) is 0 Å². The number of hydrogen-bond acceptors (Lipinski definition) is 4. The van der Waals surface area contributed by atoms with Gasteiger partial charge in [-0.3, -0.25) is 4.98 Å². The number of aromatic nitrogens is 4. The highest BCUT2D eigenvalue weighted by Crippen LogP contribution is 2.39. The Morgan fingerprint density at radius 2 is 1.70 bits per heavy atom. The molecule has 1 atom stereocenters. The number of imidazole rings is 1. The molecule has 0 unspecified atom stereocenters. The van der Waals surface area contributed by atoms with Gasteiger partial charge in [0.1, 0.15) is 18.2 Å². The van der Waals surface area contributed by atoms with Gasteiger partial charge in [0.25, 0.3) is 0 Å². The summed E-state index contributed by atoms with van der Waals surface area (Å²) in [5, 5.41) is 1.09. The van der Waals surface area contributed by atoms with E-state index >= 15 is 0 Å². The van der Waals surface area contributed by atoms with Crippen LogP contribution in [0.5, 0.6) is 5.88 Å². The van der Waals surface area contributed by atoms with Crippen LogP contribution in [0, 0.1) is 5.82 Å². The lowest BCUT2D eigenvalue weighted by Gasteiger charge is -2.18. The van der Waals surface area contributed by atoms with E-state index in [0.717, 1.165) is 52.1 Å². The molecule has 0 fully saturated rings. The van der Waals surface area contributed by atoms with E-state index in [-0.39, 0.29) is 11.9 Å². The standard InChI is InChI=1S/C27H21FN4O/c28-21-8-5-19(6-9-21)26-27(20-13-15-29-16-14-20)32-22(10-11-24(32)31-26)17-33-25-12-7-18-3-1-2-4-23(18)30-25/h1-9,12-16,22H,10-11,17H2/t22-/m0/s1. The number of benzene rings is 2. The summed E-state index contributed by atoms with van der Waals surface area (Å²) in [6.45, 7) is 0.496. The van der Waals surface area contributed by atoms with Crippen molar-refractivity contribution in [2.75, 3.05) is 6.61 Å². The Labute approximate surface area is 190 Å². The molecule has 33 heavy (non-hydrogen) atoms. The predicted molar refractivity (Wildman–Crippen MR) is 125 cm³/mol. The average molecular weight is 436 g/mol. The summed E-state index contributed by atoms with van der Waals surface area (Å²) in [6, 6.07) is 22.6. The Kier molecular flexibility index (Phi) is 4.83. The summed E-state index contributed by atoms with van der Waals surface area (Å²) in [5.41, 5.74) is 4.70. The van der Waals surface area contributed by atoms with Crippen molar-refractivity contribution in [2.45, 2.75) is 18.9 Å². The third kappa shape index (κ3) is 3.63. The van der Waals surface area contributed by atoms with Gasteiger partial charge in [-0.05, 0) is 55.0 Å². The number of para-hydroxylation sites is 1. The molecule has 3 aromatic heterocycles. The van der Waals surface area contributed by atoms with Crippen LogP contribution >= 0.6 is 0 Å². The molecule has 0 amide bonds. The number of halogens is 1. The van der Waals surface area contributed by atoms with Gasteiger partial charge < -0.3 is 9.30 Å². The van der Waals surface area contributed by atoms with Crippen molar-refractivity contribution >= 4 is 10.9 Å². The lowest BCUT2D eigenvalue weighted by atomic mass is 10.0.